The highest BCUT2D eigenvalue weighted by Gasteiger charge is 2.25. The first kappa shape index (κ1) is 18.9. The molecule has 3 nitrogen and oxygen atoms in total. The highest BCUT2D eigenvalue weighted by molar-refractivity contribution is 5.75. The Morgan fingerprint density at radius 3 is 2.20 bits per heavy atom. The van der Waals surface area contributed by atoms with Crippen LogP contribution in [0.1, 0.15) is 38.3 Å². The minimum Gasteiger partial charge on any atom is -0.367 e. The van der Waals surface area contributed by atoms with Gasteiger partial charge in [-0.3, -0.25) is 0 Å². The van der Waals surface area contributed by atoms with Crippen LogP contribution in [0.2, 0.25) is 0 Å². The lowest BCUT2D eigenvalue weighted by molar-refractivity contribution is -0.203. The van der Waals surface area contributed by atoms with E-state index in [4.69, 9.17) is 4.84 Å². The van der Waals surface area contributed by atoms with Crippen molar-refractivity contribution < 1.29 is 9.63 Å². The molecule has 0 aliphatic rings. The highest BCUT2D eigenvalue weighted by Crippen LogP contribution is 2.17. The second-order valence-corrected chi connectivity index (χ2v) is 7.08. The van der Waals surface area contributed by atoms with Crippen LogP contribution in [0.15, 0.2) is 66.7 Å². The van der Waals surface area contributed by atoms with Crippen molar-refractivity contribution in [2.24, 2.45) is 5.41 Å². The van der Waals surface area contributed by atoms with Crippen LogP contribution in [0.4, 0.5) is 0 Å². The fourth-order valence-corrected chi connectivity index (χ4v) is 2.20. The summed E-state index contributed by atoms with van der Waals surface area (Å²) in [5.74, 6) is -0.213. The van der Waals surface area contributed by atoms with Gasteiger partial charge in [-0.05, 0) is 38.3 Å². The van der Waals surface area contributed by atoms with Gasteiger partial charge in [-0.1, -0.05) is 72.8 Å². The zero-order valence-corrected chi connectivity index (χ0v) is 15.3. The first-order valence-electron chi connectivity index (χ1n) is 8.68. The molecule has 0 N–H and O–H groups in total. The molecule has 0 atom stereocenters. The number of nitrogens with zero attached hydrogens (tertiary/aromatic N) is 1. The zero-order valence-electron chi connectivity index (χ0n) is 15.3. The van der Waals surface area contributed by atoms with Crippen LogP contribution >= 0.6 is 0 Å². The van der Waals surface area contributed by atoms with Gasteiger partial charge in [0.15, 0.2) is 0 Å². The molecule has 0 amide bonds. The minimum atomic E-state index is -0.519. The number of carbonyl (C=O) groups is 1. The maximum Gasteiger partial charge on any atom is 0.330 e. The van der Waals surface area contributed by atoms with Crippen LogP contribution in [0.5, 0.6) is 0 Å². The number of carbonyl (C=O) groups excluding carboxylic acids is 1. The maximum absolute atomic E-state index is 12.2. The van der Waals surface area contributed by atoms with E-state index in [0.717, 1.165) is 12.0 Å². The molecule has 25 heavy (non-hydrogen) atoms. The number of hydrogen-bond donors (Lipinski definition) is 0. The third-order valence-electron chi connectivity index (χ3n) is 3.68. The molecule has 0 heterocycles. The molecule has 0 spiro atoms. The van der Waals surface area contributed by atoms with E-state index in [0.29, 0.717) is 13.1 Å². The number of hydroxylamine groups is 2. The molecule has 0 aliphatic heterocycles. The summed E-state index contributed by atoms with van der Waals surface area (Å²) in [6.07, 6.45) is 5.00. The monoisotopic (exact) mass is 337 g/mol. The fourth-order valence-electron chi connectivity index (χ4n) is 2.20. The van der Waals surface area contributed by atoms with Gasteiger partial charge >= 0.3 is 5.97 Å². The molecule has 2 aromatic rings. The Labute approximate surface area is 150 Å². The van der Waals surface area contributed by atoms with Crippen molar-refractivity contribution in [2.75, 3.05) is 6.54 Å². The quantitative estimate of drug-likeness (QED) is 0.659. The van der Waals surface area contributed by atoms with E-state index in [1.165, 1.54) is 5.56 Å². The molecule has 0 fully saturated rings. The SMILES string of the molecule is CC(C)(C)C(=O)ON(CC/C=C/c1ccccc1)Cc1ccccc1. The molecule has 0 saturated heterocycles. The van der Waals surface area contributed by atoms with Crippen molar-refractivity contribution in [1.29, 1.82) is 0 Å². The molecule has 2 rings (SSSR count). The van der Waals surface area contributed by atoms with Crippen LogP contribution in [0.25, 0.3) is 6.08 Å². The minimum absolute atomic E-state index is 0.213. The second kappa shape index (κ2) is 9.19. The number of hydrogen-bond acceptors (Lipinski definition) is 3. The number of benzene rings is 2. The normalized spacial score (nSPS) is 11.8. The third-order valence-corrected chi connectivity index (χ3v) is 3.68. The van der Waals surface area contributed by atoms with E-state index in [1.54, 1.807) is 5.06 Å². The van der Waals surface area contributed by atoms with E-state index < -0.39 is 5.41 Å². The first-order valence-corrected chi connectivity index (χ1v) is 8.68. The molecule has 132 valence electrons. The summed E-state index contributed by atoms with van der Waals surface area (Å²) in [6, 6.07) is 20.2. The lowest BCUT2D eigenvalue weighted by atomic mass is 9.98. The Kier molecular flexibility index (Phi) is 6.96. The van der Waals surface area contributed by atoms with E-state index in [9.17, 15) is 4.79 Å². The van der Waals surface area contributed by atoms with Gasteiger partial charge in [-0.15, -0.1) is 5.06 Å². The van der Waals surface area contributed by atoms with Gasteiger partial charge in [0, 0.05) is 6.54 Å². The molecular weight excluding hydrogens is 310 g/mol. The van der Waals surface area contributed by atoms with Crippen LogP contribution in [-0.2, 0) is 16.2 Å². The summed E-state index contributed by atoms with van der Waals surface area (Å²) in [4.78, 5) is 17.9. The summed E-state index contributed by atoms with van der Waals surface area (Å²) in [7, 11) is 0. The van der Waals surface area contributed by atoms with Crippen molar-refractivity contribution in [3.63, 3.8) is 0 Å². The summed E-state index contributed by atoms with van der Waals surface area (Å²) in [6.45, 7) is 6.84. The summed E-state index contributed by atoms with van der Waals surface area (Å²) >= 11 is 0. The molecular formula is C22H27NO2. The first-order chi connectivity index (χ1) is 11.9. The van der Waals surface area contributed by atoms with Crippen molar-refractivity contribution in [3.8, 4) is 0 Å². The van der Waals surface area contributed by atoms with E-state index in [2.05, 4.69) is 24.3 Å². The lowest BCUT2D eigenvalue weighted by Gasteiger charge is -2.25. The van der Waals surface area contributed by atoms with Crippen molar-refractivity contribution in [2.45, 2.75) is 33.7 Å². The predicted octanol–water partition coefficient (Wildman–Crippen LogP) is 5.10. The van der Waals surface area contributed by atoms with Crippen molar-refractivity contribution >= 4 is 12.0 Å². The van der Waals surface area contributed by atoms with Crippen LogP contribution < -0.4 is 0 Å². The summed E-state index contributed by atoms with van der Waals surface area (Å²) in [5.41, 5.74) is 1.77. The van der Waals surface area contributed by atoms with Gasteiger partial charge in [-0.25, -0.2) is 4.79 Å². The molecule has 0 unspecified atom stereocenters. The van der Waals surface area contributed by atoms with Gasteiger partial charge in [0.25, 0.3) is 0 Å². The third kappa shape index (κ3) is 6.94. The molecule has 0 radical (unpaired) electrons. The standard InChI is InChI=1S/C22H27NO2/c1-22(2,3)21(24)25-23(18-20-15-8-5-9-16-20)17-11-10-14-19-12-6-4-7-13-19/h4-10,12-16H,11,17-18H2,1-3H3/b14-10+. The van der Waals surface area contributed by atoms with Gasteiger partial charge < -0.3 is 4.84 Å². The van der Waals surface area contributed by atoms with Crippen molar-refractivity contribution in [3.05, 3.63) is 77.9 Å². The van der Waals surface area contributed by atoms with Crippen LogP contribution in [0, 0.1) is 5.41 Å². The maximum atomic E-state index is 12.2. The average Bonchev–Trinajstić information content (AvgIpc) is 2.59. The topological polar surface area (TPSA) is 29.5 Å². The van der Waals surface area contributed by atoms with Gasteiger partial charge in [0.2, 0.25) is 0 Å². The smallest absolute Gasteiger partial charge is 0.330 e. The van der Waals surface area contributed by atoms with E-state index in [-0.39, 0.29) is 5.97 Å². The van der Waals surface area contributed by atoms with E-state index >= 15 is 0 Å². The Bertz CT molecular complexity index is 672. The molecule has 0 saturated carbocycles. The van der Waals surface area contributed by atoms with Crippen molar-refractivity contribution in [1.82, 2.24) is 5.06 Å². The Balaban J connectivity index is 1.96. The van der Waals surface area contributed by atoms with Gasteiger partial charge in [0.1, 0.15) is 0 Å². The second-order valence-electron chi connectivity index (χ2n) is 7.08. The summed E-state index contributed by atoms with van der Waals surface area (Å²) < 4.78 is 0. The Hall–Kier alpha value is -2.39. The van der Waals surface area contributed by atoms with Gasteiger partial charge in [0.05, 0.1) is 12.0 Å². The largest absolute Gasteiger partial charge is 0.367 e. The molecule has 2 aromatic carbocycles. The predicted molar refractivity (Wildman–Crippen MR) is 102 cm³/mol. The molecule has 0 aromatic heterocycles. The fraction of sp³-hybridized carbons (Fsp3) is 0.318. The van der Waals surface area contributed by atoms with Crippen LogP contribution in [0.3, 0.4) is 0 Å². The Morgan fingerprint density at radius 2 is 1.60 bits per heavy atom. The lowest BCUT2D eigenvalue weighted by Crippen LogP contribution is -2.33. The number of rotatable bonds is 7. The molecule has 3 heteroatoms. The molecule has 0 bridgehead atoms. The molecule has 0 aliphatic carbocycles. The highest BCUT2D eigenvalue weighted by atomic mass is 16.7. The van der Waals surface area contributed by atoms with Crippen LogP contribution in [-0.4, -0.2) is 17.6 Å². The van der Waals surface area contributed by atoms with E-state index in [1.807, 2.05) is 69.3 Å². The Morgan fingerprint density at radius 1 is 1.00 bits per heavy atom. The summed E-state index contributed by atoms with van der Waals surface area (Å²) in [5, 5.41) is 1.75. The average molecular weight is 337 g/mol. The van der Waals surface area contributed by atoms with Gasteiger partial charge in [-0.2, -0.15) is 0 Å². The zero-order chi connectivity index (χ0) is 18.1.